The standard InChI is InChI=1S/C21H29ClN4O/c1-3-17(2)21(14-26-16-23-15-24-26)10-12-25(13-11-21)20(27)9-6-18-4-7-19(22)8-5-18/h4-5,7-8,15-17H,3,6,9-14H2,1-2H3. The van der Waals surface area contributed by atoms with Crippen LogP contribution in [0.2, 0.25) is 5.02 Å². The molecule has 0 saturated carbocycles. The van der Waals surface area contributed by atoms with Gasteiger partial charge in [-0.3, -0.25) is 9.48 Å². The normalized spacial score (nSPS) is 17.7. The molecule has 0 N–H and O–H groups in total. The van der Waals surface area contributed by atoms with E-state index in [0.29, 0.717) is 12.3 Å². The average Bonchev–Trinajstić information content (AvgIpc) is 3.20. The van der Waals surface area contributed by atoms with Gasteiger partial charge in [0.05, 0.1) is 0 Å². The van der Waals surface area contributed by atoms with Gasteiger partial charge in [0.15, 0.2) is 0 Å². The number of likely N-dealkylation sites (tertiary alicyclic amines) is 1. The fourth-order valence-corrected chi connectivity index (χ4v) is 4.26. The third-order valence-corrected chi connectivity index (χ3v) is 6.51. The molecule has 6 heteroatoms. The Morgan fingerprint density at radius 2 is 1.96 bits per heavy atom. The molecule has 2 heterocycles. The first-order valence-corrected chi connectivity index (χ1v) is 10.2. The quantitative estimate of drug-likeness (QED) is 0.713. The molecule has 146 valence electrons. The van der Waals surface area contributed by atoms with Crippen molar-refractivity contribution in [3.63, 3.8) is 0 Å². The Hall–Kier alpha value is -1.88. The van der Waals surface area contributed by atoms with Gasteiger partial charge >= 0.3 is 0 Å². The smallest absolute Gasteiger partial charge is 0.222 e. The summed E-state index contributed by atoms with van der Waals surface area (Å²) >= 11 is 5.93. The van der Waals surface area contributed by atoms with Crippen LogP contribution in [-0.4, -0.2) is 38.7 Å². The summed E-state index contributed by atoms with van der Waals surface area (Å²) in [4.78, 5) is 18.8. The van der Waals surface area contributed by atoms with E-state index < -0.39 is 0 Å². The second-order valence-electron chi connectivity index (χ2n) is 7.77. The fourth-order valence-electron chi connectivity index (χ4n) is 4.14. The number of halogens is 1. The average molecular weight is 389 g/mol. The van der Waals surface area contributed by atoms with Crippen LogP contribution < -0.4 is 0 Å². The van der Waals surface area contributed by atoms with Crippen molar-refractivity contribution in [2.75, 3.05) is 13.1 Å². The molecule has 3 rings (SSSR count). The van der Waals surface area contributed by atoms with Crippen LogP contribution >= 0.6 is 11.6 Å². The van der Waals surface area contributed by atoms with E-state index in [1.165, 1.54) is 0 Å². The molecule has 2 aromatic rings. The van der Waals surface area contributed by atoms with Crippen LogP contribution in [0.4, 0.5) is 0 Å². The third kappa shape index (κ3) is 4.89. The molecule has 0 bridgehead atoms. The highest BCUT2D eigenvalue weighted by molar-refractivity contribution is 6.30. The van der Waals surface area contributed by atoms with Crippen LogP contribution in [-0.2, 0) is 17.8 Å². The summed E-state index contributed by atoms with van der Waals surface area (Å²) in [6.07, 6.45) is 7.90. The highest BCUT2D eigenvalue weighted by Gasteiger charge is 2.40. The minimum atomic E-state index is 0.190. The number of piperidine rings is 1. The van der Waals surface area contributed by atoms with E-state index in [1.807, 2.05) is 33.8 Å². The molecule has 1 aromatic heterocycles. The molecule has 0 aliphatic carbocycles. The second kappa shape index (κ2) is 8.87. The largest absolute Gasteiger partial charge is 0.343 e. The first kappa shape index (κ1) is 19.9. The third-order valence-electron chi connectivity index (χ3n) is 6.25. The molecule has 0 radical (unpaired) electrons. The molecule has 27 heavy (non-hydrogen) atoms. The maximum atomic E-state index is 12.7. The van der Waals surface area contributed by atoms with Crippen molar-refractivity contribution >= 4 is 17.5 Å². The van der Waals surface area contributed by atoms with Gasteiger partial charge in [0.1, 0.15) is 12.7 Å². The summed E-state index contributed by atoms with van der Waals surface area (Å²) in [5.41, 5.74) is 1.35. The van der Waals surface area contributed by atoms with Gasteiger partial charge in [0.25, 0.3) is 0 Å². The summed E-state index contributed by atoms with van der Waals surface area (Å²) in [7, 11) is 0. The fraction of sp³-hybridized carbons (Fsp3) is 0.571. The van der Waals surface area contributed by atoms with Crippen LogP contribution in [0.5, 0.6) is 0 Å². The topological polar surface area (TPSA) is 51.0 Å². The zero-order chi connectivity index (χ0) is 19.3. The summed E-state index contributed by atoms with van der Waals surface area (Å²) < 4.78 is 1.95. The summed E-state index contributed by atoms with van der Waals surface area (Å²) in [5.74, 6) is 0.844. The summed E-state index contributed by atoms with van der Waals surface area (Å²) in [6.45, 7) is 7.12. The van der Waals surface area contributed by atoms with E-state index in [-0.39, 0.29) is 11.3 Å². The minimum absolute atomic E-state index is 0.190. The molecule has 1 aliphatic rings. The van der Waals surface area contributed by atoms with Crippen molar-refractivity contribution in [2.45, 2.75) is 52.5 Å². The Kier molecular flexibility index (Phi) is 6.53. The minimum Gasteiger partial charge on any atom is -0.343 e. The number of hydrogen-bond donors (Lipinski definition) is 0. The highest BCUT2D eigenvalue weighted by atomic mass is 35.5. The lowest BCUT2D eigenvalue weighted by Crippen LogP contribution is -2.47. The Labute approximate surface area is 166 Å². The Morgan fingerprint density at radius 1 is 1.26 bits per heavy atom. The van der Waals surface area contributed by atoms with Crippen molar-refractivity contribution < 1.29 is 4.79 Å². The number of aromatic nitrogens is 3. The van der Waals surface area contributed by atoms with Crippen LogP contribution in [0.25, 0.3) is 0 Å². The zero-order valence-corrected chi connectivity index (χ0v) is 17.0. The van der Waals surface area contributed by atoms with Crippen molar-refractivity contribution in [3.8, 4) is 0 Å². The van der Waals surface area contributed by atoms with Crippen molar-refractivity contribution in [3.05, 3.63) is 47.5 Å². The van der Waals surface area contributed by atoms with E-state index in [9.17, 15) is 4.79 Å². The monoisotopic (exact) mass is 388 g/mol. The molecule has 1 saturated heterocycles. The van der Waals surface area contributed by atoms with E-state index in [4.69, 9.17) is 11.6 Å². The Bertz CT molecular complexity index is 721. The van der Waals surface area contributed by atoms with Gasteiger partial charge in [-0.15, -0.1) is 0 Å². The van der Waals surface area contributed by atoms with Crippen LogP contribution in [0.1, 0.15) is 45.1 Å². The Morgan fingerprint density at radius 3 is 2.56 bits per heavy atom. The van der Waals surface area contributed by atoms with E-state index in [2.05, 4.69) is 23.9 Å². The number of rotatable bonds is 7. The first-order valence-electron chi connectivity index (χ1n) is 9.87. The van der Waals surface area contributed by atoms with Crippen LogP contribution in [0.15, 0.2) is 36.9 Å². The molecule has 1 fully saturated rings. The lowest BCUT2D eigenvalue weighted by Gasteiger charge is -2.45. The molecule has 1 aliphatic heterocycles. The van der Waals surface area contributed by atoms with Gasteiger partial charge < -0.3 is 4.90 Å². The molecule has 5 nitrogen and oxygen atoms in total. The van der Waals surface area contributed by atoms with Gasteiger partial charge in [-0.1, -0.05) is 44.0 Å². The zero-order valence-electron chi connectivity index (χ0n) is 16.3. The van der Waals surface area contributed by atoms with Gasteiger partial charge in [-0.2, -0.15) is 5.10 Å². The Balaban J connectivity index is 1.56. The predicted molar refractivity (Wildman–Crippen MR) is 107 cm³/mol. The number of aryl methyl sites for hydroxylation is 1. The van der Waals surface area contributed by atoms with Gasteiger partial charge in [0, 0.05) is 31.1 Å². The van der Waals surface area contributed by atoms with Crippen LogP contribution in [0, 0.1) is 11.3 Å². The van der Waals surface area contributed by atoms with E-state index >= 15 is 0 Å². The molecule has 1 unspecified atom stereocenters. The SMILES string of the molecule is CCC(C)C1(Cn2cncn2)CCN(C(=O)CCc2ccc(Cl)cc2)CC1. The van der Waals surface area contributed by atoms with Crippen molar-refractivity contribution in [2.24, 2.45) is 11.3 Å². The highest BCUT2D eigenvalue weighted by Crippen LogP contribution is 2.42. The maximum Gasteiger partial charge on any atom is 0.222 e. The van der Waals surface area contributed by atoms with E-state index in [1.54, 1.807) is 12.7 Å². The molecule has 1 amide bonds. The van der Waals surface area contributed by atoms with Crippen molar-refractivity contribution in [1.82, 2.24) is 19.7 Å². The van der Waals surface area contributed by atoms with Crippen LogP contribution in [0.3, 0.4) is 0 Å². The van der Waals surface area contributed by atoms with E-state index in [0.717, 1.165) is 55.9 Å². The summed E-state index contributed by atoms with van der Waals surface area (Å²) in [5, 5.41) is 5.04. The number of nitrogens with zero attached hydrogens (tertiary/aromatic N) is 4. The number of benzene rings is 1. The predicted octanol–water partition coefficient (Wildman–Crippen LogP) is 4.22. The molecule has 1 aromatic carbocycles. The molecule has 0 spiro atoms. The number of hydrogen-bond acceptors (Lipinski definition) is 3. The van der Waals surface area contributed by atoms with Gasteiger partial charge in [-0.05, 0) is 48.3 Å². The number of carbonyl (C=O) groups is 1. The van der Waals surface area contributed by atoms with Crippen molar-refractivity contribution in [1.29, 1.82) is 0 Å². The van der Waals surface area contributed by atoms with Gasteiger partial charge in [0.2, 0.25) is 5.91 Å². The number of carbonyl (C=O) groups excluding carboxylic acids is 1. The van der Waals surface area contributed by atoms with Gasteiger partial charge in [-0.25, -0.2) is 4.98 Å². The molecular weight excluding hydrogens is 360 g/mol. The molecular formula is C21H29ClN4O. The molecule has 1 atom stereocenters. The first-order chi connectivity index (χ1) is 13.0. The summed E-state index contributed by atoms with van der Waals surface area (Å²) in [6, 6.07) is 7.76. The second-order valence-corrected chi connectivity index (χ2v) is 8.21. The number of amides is 1. The lowest BCUT2D eigenvalue weighted by atomic mass is 9.68. The maximum absolute atomic E-state index is 12.7. The lowest BCUT2D eigenvalue weighted by molar-refractivity contribution is -0.134.